The smallest absolute Gasteiger partial charge is 0.406 e. The highest BCUT2D eigenvalue weighted by Gasteiger charge is 2.33. The maximum Gasteiger partial charge on any atom is 0.406 e. The predicted octanol–water partition coefficient (Wildman–Crippen LogP) is 1.35. The molecule has 9 heteroatoms. The van der Waals surface area contributed by atoms with E-state index in [1.54, 1.807) is 13.8 Å². The molecule has 0 radical (unpaired) electrons. The molecule has 0 aliphatic carbocycles. The van der Waals surface area contributed by atoms with Crippen molar-refractivity contribution in [2.45, 2.75) is 26.1 Å². The molecule has 0 atom stereocenters. The van der Waals surface area contributed by atoms with Crippen LogP contribution in [0.5, 0.6) is 0 Å². The van der Waals surface area contributed by atoms with Gasteiger partial charge in [0.1, 0.15) is 12.2 Å². The first-order valence-corrected chi connectivity index (χ1v) is 5.39. The van der Waals surface area contributed by atoms with E-state index in [1.807, 2.05) is 0 Å². The van der Waals surface area contributed by atoms with Crippen LogP contribution in [-0.2, 0) is 0 Å². The molecule has 0 saturated carbocycles. The van der Waals surface area contributed by atoms with Gasteiger partial charge in [0.05, 0.1) is 0 Å². The van der Waals surface area contributed by atoms with Crippen molar-refractivity contribution < 1.29 is 18.4 Å². The molecule has 0 aliphatic heterocycles. The topological polar surface area (TPSA) is 87.6 Å². The largest absolute Gasteiger partial charge is 0.409 e. The van der Waals surface area contributed by atoms with Gasteiger partial charge < -0.3 is 15.8 Å². The van der Waals surface area contributed by atoms with Crippen LogP contribution >= 0.6 is 0 Å². The van der Waals surface area contributed by atoms with Crippen LogP contribution in [-0.4, -0.2) is 39.8 Å². The summed E-state index contributed by atoms with van der Waals surface area (Å²) in [4.78, 5) is 8.61. The van der Waals surface area contributed by atoms with Crippen LogP contribution in [0.15, 0.2) is 17.4 Å². The number of alkyl halides is 3. The number of oxime groups is 1. The van der Waals surface area contributed by atoms with Crippen molar-refractivity contribution in [3.63, 3.8) is 0 Å². The lowest BCUT2D eigenvalue weighted by Gasteiger charge is -2.27. The van der Waals surface area contributed by atoms with Gasteiger partial charge in [-0.05, 0) is 19.9 Å². The van der Waals surface area contributed by atoms with E-state index in [9.17, 15) is 13.2 Å². The van der Waals surface area contributed by atoms with Crippen molar-refractivity contribution >= 4 is 11.8 Å². The van der Waals surface area contributed by atoms with Crippen molar-refractivity contribution in [1.29, 1.82) is 0 Å². The molecule has 0 aromatic carbocycles. The molecule has 1 heterocycles. The fourth-order valence-corrected chi connectivity index (χ4v) is 1.36. The second-order valence-electron chi connectivity index (χ2n) is 4.06. The SMILES string of the molecule is CC(C)N(CC(F)(F)F)c1nccc(/C(N)=N/O)n1. The van der Waals surface area contributed by atoms with E-state index in [0.29, 0.717) is 0 Å². The van der Waals surface area contributed by atoms with E-state index in [2.05, 4.69) is 15.1 Å². The average molecular weight is 277 g/mol. The Bertz CT molecular complexity index is 461. The quantitative estimate of drug-likeness (QED) is 0.375. The Kier molecular flexibility index (Phi) is 4.52. The fraction of sp³-hybridized carbons (Fsp3) is 0.500. The van der Waals surface area contributed by atoms with Gasteiger partial charge in [0.15, 0.2) is 5.84 Å². The van der Waals surface area contributed by atoms with Crippen LogP contribution in [0, 0.1) is 0 Å². The summed E-state index contributed by atoms with van der Waals surface area (Å²) in [7, 11) is 0. The van der Waals surface area contributed by atoms with E-state index < -0.39 is 18.8 Å². The van der Waals surface area contributed by atoms with E-state index >= 15 is 0 Å². The zero-order valence-electron chi connectivity index (χ0n) is 10.4. The van der Waals surface area contributed by atoms with Gasteiger partial charge in [-0.3, -0.25) is 0 Å². The summed E-state index contributed by atoms with van der Waals surface area (Å²) < 4.78 is 37.5. The zero-order chi connectivity index (χ0) is 14.6. The minimum absolute atomic E-state index is 0.0559. The Morgan fingerprint density at radius 1 is 1.53 bits per heavy atom. The lowest BCUT2D eigenvalue weighted by Crippen LogP contribution is -2.40. The third-order valence-corrected chi connectivity index (χ3v) is 2.24. The molecule has 19 heavy (non-hydrogen) atoms. The maximum atomic E-state index is 12.5. The van der Waals surface area contributed by atoms with Crippen LogP contribution in [0.3, 0.4) is 0 Å². The molecule has 0 spiro atoms. The monoisotopic (exact) mass is 277 g/mol. The molecule has 1 aromatic heterocycles. The lowest BCUT2D eigenvalue weighted by molar-refractivity contribution is -0.120. The summed E-state index contributed by atoms with van der Waals surface area (Å²) in [6, 6.07) is 0.883. The van der Waals surface area contributed by atoms with Gasteiger partial charge in [-0.15, -0.1) is 0 Å². The number of nitrogens with zero attached hydrogens (tertiary/aromatic N) is 4. The normalized spacial score (nSPS) is 12.8. The van der Waals surface area contributed by atoms with Gasteiger partial charge in [0, 0.05) is 12.2 Å². The highest BCUT2D eigenvalue weighted by Crippen LogP contribution is 2.21. The van der Waals surface area contributed by atoms with Crippen LogP contribution in [0.4, 0.5) is 19.1 Å². The van der Waals surface area contributed by atoms with E-state index in [1.165, 1.54) is 12.3 Å². The molecule has 0 amide bonds. The maximum absolute atomic E-state index is 12.5. The van der Waals surface area contributed by atoms with Gasteiger partial charge in [0.25, 0.3) is 0 Å². The Morgan fingerprint density at radius 3 is 2.63 bits per heavy atom. The summed E-state index contributed by atoms with van der Waals surface area (Å²) in [6.45, 7) is 2.00. The van der Waals surface area contributed by atoms with Crippen molar-refractivity contribution in [2.75, 3.05) is 11.4 Å². The number of amidine groups is 1. The first-order chi connectivity index (χ1) is 8.74. The highest BCUT2D eigenvalue weighted by molar-refractivity contribution is 5.95. The Labute approximate surface area is 107 Å². The number of halogens is 3. The van der Waals surface area contributed by atoms with E-state index in [0.717, 1.165) is 4.90 Å². The molecule has 1 rings (SSSR count). The average Bonchev–Trinajstić information content (AvgIpc) is 2.34. The van der Waals surface area contributed by atoms with Crippen molar-refractivity contribution in [3.05, 3.63) is 18.0 Å². The number of nitrogens with two attached hydrogens (primary N) is 1. The first kappa shape index (κ1) is 15.0. The minimum atomic E-state index is -4.37. The van der Waals surface area contributed by atoms with Crippen molar-refractivity contribution in [1.82, 2.24) is 9.97 Å². The van der Waals surface area contributed by atoms with Gasteiger partial charge in [-0.25, -0.2) is 9.97 Å². The molecule has 106 valence electrons. The number of anilines is 1. The second kappa shape index (κ2) is 5.72. The molecule has 0 bridgehead atoms. The molecule has 6 nitrogen and oxygen atoms in total. The standard InChI is InChI=1S/C10H14F3N5O/c1-6(2)18(5-10(11,12)13)9-15-4-3-7(16-9)8(14)17-19/h3-4,6,19H,5H2,1-2H3,(H2,14,17). The molecule has 0 fully saturated rings. The number of hydrogen-bond donors (Lipinski definition) is 2. The van der Waals surface area contributed by atoms with Crippen LogP contribution in [0.1, 0.15) is 19.5 Å². The number of rotatable bonds is 4. The molecule has 0 saturated heterocycles. The van der Waals surface area contributed by atoms with Crippen molar-refractivity contribution in [2.24, 2.45) is 10.9 Å². The van der Waals surface area contributed by atoms with E-state index in [-0.39, 0.29) is 17.5 Å². The fourth-order valence-electron chi connectivity index (χ4n) is 1.36. The third kappa shape index (κ3) is 4.27. The van der Waals surface area contributed by atoms with E-state index in [4.69, 9.17) is 10.9 Å². The van der Waals surface area contributed by atoms with Gasteiger partial charge in [-0.1, -0.05) is 5.16 Å². The lowest BCUT2D eigenvalue weighted by atomic mass is 10.3. The Hall–Kier alpha value is -2.06. The summed E-state index contributed by atoms with van der Waals surface area (Å²) >= 11 is 0. The Morgan fingerprint density at radius 2 is 2.16 bits per heavy atom. The van der Waals surface area contributed by atoms with Gasteiger partial charge in [-0.2, -0.15) is 13.2 Å². The van der Waals surface area contributed by atoms with Crippen LogP contribution in [0.25, 0.3) is 0 Å². The minimum Gasteiger partial charge on any atom is -0.409 e. The molecular formula is C10H14F3N5O. The van der Waals surface area contributed by atoms with Gasteiger partial charge in [0.2, 0.25) is 5.95 Å². The predicted molar refractivity (Wildman–Crippen MR) is 63.1 cm³/mol. The third-order valence-electron chi connectivity index (χ3n) is 2.24. The Balaban J connectivity index is 3.10. The van der Waals surface area contributed by atoms with Crippen LogP contribution in [0.2, 0.25) is 0 Å². The van der Waals surface area contributed by atoms with Crippen molar-refractivity contribution in [3.8, 4) is 0 Å². The molecular weight excluding hydrogens is 263 g/mol. The van der Waals surface area contributed by atoms with Gasteiger partial charge >= 0.3 is 6.18 Å². The molecule has 1 aromatic rings. The highest BCUT2D eigenvalue weighted by atomic mass is 19.4. The van der Waals surface area contributed by atoms with Crippen LogP contribution < -0.4 is 10.6 Å². The molecule has 3 N–H and O–H groups in total. The summed E-state index contributed by atoms with van der Waals surface area (Å²) in [6.07, 6.45) is -3.12. The second-order valence-corrected chi connectivity index (χ2v) is 4.06. The number of hydrogen-bond acceptors (Lipinski definition) is 5. The molecule has 0 aliphatic rings. The first-order valence-electron chi connectivity index (χ1n) is 5.39. The summed E-state index contributed by atoms with van der Waals surface area (Å²) in [5.41, 5.74) is 5.39. The zero-order valence-corrected chi connectivity index (χ0v) is 10.4. The summed E-state index contributed by atoms with van der Waals surface area (Å²) in [5.74, 6) is -0.421. The number of aromatic nitrogens is 2. The summed E-state index contributed by atoms with van der Waals surface area (Å²) in [5, 5.41) is 11.3. The molecule has 0 unspecified atom stereocenters.